The van der Waals surface area contributed by atoms with Crippen molar-refractivity contribution in [1.82, 2.24) is 4.90 Å². The Bertz CT molecular complexity index is 91.3. The van der Waals surface area contributed by atoms with E-state index in [4.69, 9.17) is 15.0 Å². The summed E-state index contributed by atoms with van der Waals surface area (Å²) in [4.78, 5) is 19.4. The fourth-order valence-corrected chi connectivity index (χ4v) is 0. The number of hydrogen-bond donors (Lipinski definition) is 2. The van der Waals surface area contributed by atoms with Crippen molar-refractivity contribution < 1.29 is 19.8 Å². The van der Waals surface area contributed by atoms with Crippen LogP contribution < -0.4 is 0 Å². The first-order valence-electron chi connectivity index (χ1n) is 2.04. The van der Waals surface area contributed by atoms with Gasteiger partial charge < -0.3 is 15.1 Å². The van der Waals surface area contributed by atoms with Crippen LogP contribution in [0.5, 0.6) is 0 Å². The SMILES string of the molecule is CN(C)C=O.O=C(O)O.[CsH]. The number of carbonyl (C=O) groups excluding carboxylic acids is 1. The van der Waals surface area contributed by atoms with Crippen molar-refractivity contribution in [3.63, 3.8) is 0 Å². The van der Waals surface area contributed by atoms with Crippen molar-refractivity contribution in [1.29, 1.82) is 0 Å². The van der Waals surface area contributed by atoms with Crippen LogP contribution in [0.4, 0.5) is 4.79 Å². The van der Waals surface area contributed by atoms with Crippen LogP contribution in [-0.4, -0.2) is 111 Å². The fraction of sp³-hybridized carbons (Fsp3) is 0.500. The molecule has 0 aliphatic carbocycles. The van der Waals surface area contributed by atoms with Crippen molar-refractivity contribution in [3.8, 4) is 0 Å². The van der Waals surface area contributed by atoms with E-state index in [1.54, 1.807) is 14.1 Å². The van der Waals surface area contributed by atoms with Crippen molar-refractivity contribution in [2.75, 3.05) is 14.1 Å². The molecule has 5 nitrogen and oxygen atoms in total. The van der Waals surface area contributed by atoms with Gasteiger partial charge in [-0.15, -0.1) is 0 Å². The maximum absolute atomic E-state index is 9.43. The number of amides is 1. The van der Waals surface area contributed by atoms with Gasteiger partial charge in [0, 0.05) is 14.1 Å². The van der Waals surface area contributed by atoms with Gasteiger partial charge in [0.05, 0.1) is 0 Å². The fourth-order valence-electron chi connectivity index (χ4n) is 0. The van der Waals surface area contributed by atoms with Crippen LogP contribution in [0.25, 0.3) is 0 Å². The normalized spacial score (nSPS) is 5.80. The molecule has 0 saturated heterocycles. The van der Waals surface area contributed by atoms with Crippen LogP contribution in [0.1, 0.15) is 0 Å². The summed E-state index contributed by atoms with van der Waals surface area (Å²) in [5.74, 6) is 0. The Morgan fingerprint density at radius 3 is 1.50 bits per heavy atom. The Morgan fingerprint density at radius 1 is 1.40 bits per heavy atom. The van der Waals surface area contributed by atoms with E-state index in [2.05, 4.69) is 0 Å². The van der Waals surface area contributed by atoms with Crippen molar-refractivity contribution in [3.05, 3.63) is 0 Å². The number of rotatable bonds is 1. The van der Waals surface area contributed by atoms with Crippen LogP contribution in [0, 0.1) is 0 Å². The van der Waals surface area contributed by atoms with E-state index in [0.29, 0.717) is 0 Å². The summed E-state index contributed by atoms with van der Waals surface area (Å²) < 4.78 is 0. The summed E-state index contributed by atoms with van der Waals surface area (Å²) in [6.45, 7) is 0. The van der Waals surface area contributed by atoms with E-state index < -0.39 is 6.16 Å². The molecule has 1 amide bonds. The predicted octanol–water partition coefficient (Wildman–Crippen LogP) is -0.722. The standard InChI is InChI=1S/C3H7NO.CH2O3.Cs.H/c1-4(2)3-5;2-1(3)4;;/h3H,1-2H3;(H2,2,3,4);;. The zero-order chi connectivity index (χ0) is 7.86. The monoisotopic (exact) mass is 269 g/mol. The van der Waals surface area contributed by atoms with Gasteiger partial charge in [0.25, 0.3) is 0 Å². The second kappa shape index (κ2) is 12.5. The topological polar surface area (TPSA) is 77.8 Å². The summed E-state index contributed by atoms with van der Waals surface area (Å²) in [7, 11) is 3.38. The molecule has 0 radical (unpaired) electrons. The molecule has 0 bridgehead atoms. The van der Waals surface area contributed by atoms with Gasteiger partial charge >= 0.3 is 75.0 Å². The Morgan fingerprint density at radius 2 is 1.50 bits per heavy atom. The number of hydrogen-bond acceptors (Lipinski definition) is 2. The molecule has 0 rings (SSSR count). The Balaban J connectivity index is -0.0000000910. The van der Waals surface area contributed by atoms with Gasteiger partial charge in [-0.05, 0) is 0 Å². The van der Waals surface area contributed by atoms with E-state index >= 15 is 0 Å². The molecule has 6 heteroatoms. The third-order valence-electron chi connectivity index (χ3n) is 0.211. The summed E-state index contributed by atoms with van der Waals surface area (Å²) >= 11 is 0. The maximum atomic E-state index is 9.43. The van der Waals surface area contributed by atoms with Gasteiger partial charge in [0.2, 0.25) is 6.41 Å². The van der Waals surface area contributed by atoms with Crippen LogP contribution in [0.15, 0.2) is 0 Å². The van der Waals surface area contributed by atoms with Crippen LogP contribution in [-0.2, 0) is 4.79 Å². The van der Waals surface area contributed by atoms with Crippen molar-refractivity contribution >= 4 is 81.5 Å². The average molecular weight is 269 g/mol. The zero-order valence-corrected chi connectivity index (χ0v) is 5.24. The van der Waals surface area contributed by atoms with E-state index in [9.17, 15) is 4.79 Å². The predicted molar refractivity (Wildman–Crippen MR) is 37.6 cm³/mol. The first-order chi connectivity index (χ1) is 4.00. The molecule has 0 unspecified atom stereocenters. The minimum atomic E-state index is -1.83. The van der Waals surface area contributed by atoms with Crippen LogP contribution in [0.2, 0.25) is 0 Å². The van der Waals surface area contributed by atoms with E-state index in [1.807, 2.05) is 0 Å². The first-order valence-corrected chi connectivity index (χ1v) is 2.04. The number of nitrogens with zero attached hydrogens (tertiary/aromatic N) is 1. The van der Waals surface area contributed by atoms with Crippen LogP contribution in [0.3, 0.4) is 0 Å². The molecule has 0 aromatic heterocycles. The van der Waals surface area contributed by atoms with E-state index in [1.165, 1.54) is 4.90 Å². The van der Waals surface area contributed by atoms with Gasteiger partial charge in [-0.2, -0.15) is 0 Å². The summed E-state index contributed by atoms with van der Waals surface area (Å²) in [5.41, 5.74) is 0. The molecule has 0 aliphatic rings. The molecule has 0 aliphatic heterocycles. The molecule has 0 aromatic carbocycles. The molecule has 0 aromatic rings. The van der Waals surface area contributed by atoms with E-state index in [-0.39, 0.29) is 68.9 Å². The van der Waals surface area contributed by atoms with Gasteiger partial charge in [-0.25, -0.2) is 4.79 Å². The molecule has 0 fully saturated rings. The number of carboxylic acid groups (broad SMARTS) is 2. The average Bonchev–Trinajstić information content (AvgIpc) is 1.65. The quantitative estimate of drug-likeness (QED) is 0.616. The molecule has 10 heavy (non-hydrogen) atoms. The van der Waals surface area contributed by atoms with Gasteiger partial charge in [0.1, 0.15) is 0 Å². The summed E-state index contributed by atoms with van der Waals surface area (Å²) in [6.07, 6.45) is -1.08. The Kier molecular flexibility index (Phi) is 21.2. The molecular weight excluding hydrogens is 259 g/mol. The van der Waals surface area contributed by atoms with Gasteiger partial charge in [-0.1, -0.05) is 0 Å². The molecule has 0 spiro atoms. The molecule has 0 heterocycles. The third-order valence-corrected chi connectivity index (χ3v) is 0.211. The third kappa shape index (κ3) is 68.5. The molecule has 2 N–H and O–H groups in total. The second-order valence-electron chi connectivity index (χ2n) is 1.35. The molecular formula is C4H10CsNO4. The Labute approximate surface area is 118 Å². The van der Waals surface area contributed by atoms with Crippen molar-refractivity contribution in [2.24, 2.45) is 0 Å². The van der Waals surface area contributed by atoms with E-state index in [0.717, 1.165) is 6.41 Å². The minimum absolute atomic E-state index is 0. The molecule has 0 saturated carbocycles. The first kappa shape index (κ1) is 17.0. The van der Waals surface area contributed by atoms with Crippen LogP contribution >= 0.6 is 0 Å². The number of carbonyl (C=O) groups is 2. The molecule has 56 valence electrons. The second-order valence-corrected chi connectivity index (χ2v) is 1.35. The summed E-state index contributed by atoms with van der Waals surface area (Å²) in [5, 5.41) is 13.9. The Hall–Kier alpha value is 0.792. The molecule has 0 atom stereocenters. The van der Waals surface area contributed by atoms with Gasteiger partial charge in [0.15, 0.2) is 0 Å². The summed E-state index contributed by atoms with van der Waals surface area (Å²) in [6, 6.07) is 0. The zero-order valence-electron chi connectivity index (χ0n) is 5.24. The van der Waals surface area contributed by atoms with Crippen molar-refractivity contribution in [2.45, 2.75) is 0 Å². The van der Waals surface area contributed by atoms with Gasteiger partial charge in [-0.3, -0.25) is 4.79 Å².